The summed E-state index contributed by atoms with van der Waals surface area (Å²) in [5.41, 5.74) is 0. The summed E-state index contributed by atoms with van der Waals surface area (Å²) in [5, 5.41) is 1.05. The lowest BCUT2D eigenvalue weighted by atomic mass is 9.86. The Bertz CT molecular complexity index is 307. The van der Waals surface area contributed by atoms with Crippen LogP contribution in [-0.4, -0.2) is 29.2 Å². The van der Waals surface area contributed by atoms with E-state index in [1.54, 1.807) is 0 Å². The molecule has 0 aromatic carbocycles. The number of rotatable bonds is 3. The van der Waals surface area contributed by atoms with E-state index in [1.807, 2.05) is 0 Å². The van der Waals surface area contributed by atoms with Crippen LogP contribution in [0.3, 0.4) is 0 Å². The minimum absolute atomic E-state index is 0.436. The Morgan fingerprint density at radius 1 is 1.24 bits per heavy atom. The minimum Gasteiger partial charge on any atom is -0.342 e. The molecule has 2 nitrogen and oxygen atoms in total. The summed E-state index contributed by atoms with van der Waals surface area (Å²) in [4.78, 5) is 14.4. The quantitative estimate of drug-likeness (QED) is 0.734. The van der Waals surface area contributed by atoms with Crippen molar-refractivity contribution in [3.63, 3.8) is 0 Å². The summed E-state index contributed by atoms with van der Waals surface area (Å²) in [6, 6.07) is 0. The first-order valence-corrected chi connectivity index (χ1v) is 8.22. The zero-order valence-electron chi connectivity index (χ0n) is 10.4. The molecule has 1 amide bonds. The summed E-state index contributed by atoms with van der Waals surface area (Å²) in [6.07, 6.45) is 7.62. The van der Waals surface area contributed by atoms with Gasteiger partial charge in [0, 0.05) is 24.8 Å². The van der Waals surface area contributed by atoms with Crippen molar-refractivity contribution in [3.05, 3.63) is 0 Å². The fourth-order valence-corrected chi connectivity index (χ4v) is 4.69. The van der Waals surface area contributed by atoms with Crippen LogP contribution in [0.2, 0.25) is 0 Å². The molecule has 0 N–H and O–H groups in total. The predicted octanol–water partition coefficient (Wildman–Crippen LogP) is 3.06. The van der Waals surface area contributed by atoms with Crippen LogP contribution < -0.4 is 0 Å². The second kappa shape index (κ2) is 4.91. The number of hydrogen-bond donors (Lipinski definition) is 0. The smallest absolute Gasteiger partial charge is 0.222 e. The Hall–Kier alpha value is -0.0500. The summed E-state index contributed by atoms with van der Waals surface area (Å²) in [5.74, 6) is 3.71. The largest absolute Gasteiger partial charge is 0.342 e. The fourth-order valence-electron chi connectivity index (χ4n) is 4.16. The molecule has 4 atom stereocenters. The van der Waals surface area contributed by atoms with Crippen molar-refractivity contribution >= 4 is 21.8 Å². The average Bonchev–Trinajstić information content (AvgIpc) is 3.04. The molecule has 1 aliphatic heterocycles. The van der Waals surface area contributed by atoms with Crippen LogP contribution in [0.1, 0.15) is 38.5 Å². The summed E-state index contributed by atoms with van der Waals surface area (Å²) < 4.78 is 0. The van der Waals surface area contributed by atoms with Crippen LogP contribution in [0.15, 0.2) is 0 Å². The summed E-state index contributed by atoms with van der Waals surface area (Å²) >= 11 is 3.53. The van der Waals surface area contributed by atoms with Crippen LogP contribution >= 0.6 is 15.9 Å². The van der Waals surface area contributed by atoms with Gasteiger partial charge in [0.15, 0.2) is 0 Å². The zero-order valence-corrected chi connectivity index (χ0v) is 12.0. The Morgan fingerprint density at radius 2 is 2.12 bits per heavy atom. The van der Waals surface area contributed by atoms with Crippen molar-refractivity contribution in [1.29, 1.82) is 0 Å². The van der Waals surface area contributed by atoms with Gasteiger partial charge in [-0.2, -0.15) is 0 Å². The molecule has 0 spiro atoms. The SMILES string of the molecule is O=C(CC1CC2CCC1C2)N1CCC(CBr)C1. The number of fused-ring (bicyclic) bond motifs is 2. The number of carbonyl (C=O) groups excluding carboxylic acids is 1. The van der Waals surface area contributed by atoms with Gasteiger partial charge in [0.25, 0.3) is 0 Å². The van der Waals surface area contributed by atoms with Crippen LogP contribution in [0.5, 0.6) is 0 Å². The molecule has 0 aromatic rings. The Labute approximate surface area is 112 Å². The first-order chi connectivity index (χ1) is 8.26. The Morgan fingerprint density at radius 3 is 2.71 bits per heavy atom. The number of halogens is 1. The van der Waals surface area contributed by atoms with Gasteiger partial charge in [-0.1, -0.05) is 22.4 Å². The monoisotopic (exact) mass is 299 g/mol. The summed E-state index contributed by atoms with van der Waals surface area (Å²) in [6.45, 7) is 1.99. The molecule has 1 heterocycles. The molecule has 1 saturated heterocycles. The van der Waals surface area contributed by atoms with Crippen molar-refractivity contribution in [2.24, 2.45) is 23.7 Å². The van der Waals surface area contributed by atoms with Gasteiger partial charge >= 0.3 is 0 Å². The standard InChI is InChI=1S/C14H22BrNO/c15-8-11-3-4-16(9-11)14(17)7-13-6-10-1-2-12(13)5-10/h10-13H,1-9H2. The number of carbonyl (C=O) groups is 1. The van der Waals surface area contributed by atoms with E-state index >= 15 is 0 Å². The molecule has 3 aliphatic rings. The maximum atomic E-state index is 12.2. The Balaban J connectivity index is 1.51. The van der Waals surface area contributed by atoms with E-state index in [1.165, 1.54) is 32.1 Å². The lowest BCUT2D eigenvalue weighted by Crippen LogP contribution is -2.31. The van der Waals surface area contributed by atoms with Gasteiger partial charge in [-0.05, 0) is 49.4 Å². The maximum absolute atomic E-state index is 12.2. The van der Waals surface area contributed by atoms with Crippen LogP contribution in [0.25, 0.3) is 0 Å². The minimum atomic E-state index is 0.436. The highest BCUT2D eigenvalue weighted by atomic mass is 79.9. The number of likely N-dealkylation sites (tertiary alicyclic amines) is 1. The van der Waals surface area contributed by atoms with E-state index in [9.17, 15) is 4.79 Å². The normalized spacial score (nSPS) is 40.2. The van der Waals surface area contributed by atoms with Crippen molar-refractivity contribution in [2.75, 3.05) is 18.4 Å². The molecule has 96 valence electrons. The number of alkyl halides is 1. The van der Waals surface area contributed by atoms with Crippen LogP contribution in [-0.2, 0) is 4.79 Å². The van der Waals surface area contributed by atoms with E-state index in [0.29, 0.717) is 11.8 Å². The molecule has 4 unspecified atom stereocenters. The third kappa shape index (κ3) is 2.40. The molecule has 0 aromatic heterocycles. The van der Waals surface area contributed by atoms with Crippen molar-refractivity contribution in [2.45, 2.75) is 38.5 Å². The molecular weight excluding hydrogens is 278 g/mol. The second-order valence-corrected chi connectivity index (χ2v) is 6.94. The Kier molecular flexibility index (Phi) is 3.47. The molecule has 3 heteroatoms. The molecule has 2 bridgehead atoms. The molecule has 17 heavy (non-hydrogen) atoms. The van der Waals surface area contributed by atoms with Crippen molar-refractivity contribution in [3.8, 4) is 0 Å². The van der Waals surface area contributed by atoms with Gasteiger partial charge in [-0.25, -0.2) is 0 Å². The van der Waals surface area contributed by atoms with E-state index in [2.05, 4.69) is 20.8 Å². The van der Waals surface area contributed by atoms with Crippen molar-refractivity contribution < 1.29 is 4.79 Å². The van der Waals surface area contributed by atoms with Crippen molar-refractivity contribution in [1.82, 2.24) is 4.90 Å². The van der Waals surface area contributed by atoms with Gasteiger partial charge in [-0.3, -0.25) is 4.79 Å². The molecule has 2 aliphatic carbocycles. The highest BCUT2D eigenvalue weighted by molar-refractivity contribution is 9.09. The van der Waals surface area contributed by atoms with Gasteiger partial charge in [-0.15, -0.1) is 0 Å². The van der Waals surface area contributed by atoms with Crippen LogP contribution in [0, 0.1) is 23.7 Å². The zero-order chi connectivity index (χ0) is 11.8. The van der Waals surface area contributed by atoms with Gasteiger partial charge < -0.3 is 4.90 Å². The lowest BCUT2D eigenvalue weighted by Gasteiger charge is -2.24. The van der Waals surface area contributed by atoms with Gasteiger partial charge in [0.1, 0.15) is 0 Å². The number of hydrogen-bond acceptors (Lipinski definition) is 1. The van der Waals surface area contributed by atoms with Crippen LogP contribution in [0.4, 0.5) is 0 Å². The molecule has 3 rings (SSSR count). The highest BCUT2D eigenvalue weighted by Crippen LogP contribution is 2.49. The van der Waals surface area contributed by atoms with E-state index < -0.39 is 0 Å². The topological polar surface area (TPSA) is 20.3 Å². The maximum Gasteiger partial charge on any atom is 0.222 e. The van der Waals surface area contributed by atoms with E-state index in [-0.39, 0.29) is 0 Å². The van der Waals surface area contributed by atoms with E-state index in [4.69, 9.17) is 0 Å². The first-order valence-electron chi connectivity index (χ1n) is 7.10. The number of nitrogens with zero attached hydrogens (tertiary/aromatic N) is 1. The summed E-state index contributed by atoms with van der Waals surface area (Å²) in [7, 11) is 0. The highest BCUT2D eigenvalue weighted by Gasteiger charge is 2.41. The molecule has 3 fully saturated rings. The fraction of sp³-hybridized carbons (Fsp3) is 0.929. The predicted molar refractivity (Wildman–Crippen MR) is 72.0 cm³/mol. The average molecular weight is 300 g/mol. The lowest BCUT2D eigenvalue weighted by molar-refractivity contribution is -0.131. The molecule has 2 saturated carbocycles. The van der Waals surface area contributed by atoms with E-state index in [0.717, 1.165) is 42.6 Å². The number of amides is 1. The third-order valence-corrected chi connectivity index (χ3v) is 6.09. The molecule has 0 radical (unpaired) electrons. The third-order valence-electron chi connectivity index (χ3n) is 5.18. The first kappa shape index (κ1) is 12.0. The van der Waals surface area contributed by atoms with Gasteiger partial charge in [0.2, 0.25) is 5.91 Å². The second-order valence-electron chi connectivity index (χ2n) is 6.29. The molecular formula is C14H22BrNO. The van der Waals surface area contributed by atoms with Gasteiger partial charge in [0.05, 0.1) is 0 Å².